The summed E-state index contributed by atoms with van der Waals surface area (Å²) in [5, 5.41) is 0. The minimum atomic E-state index is -0.00393. The van der Waals surface area contributed by atoms with Gasteiger partial charge in [-0.2, -0.15) is 0 Å². The fourth-order valence-electron chi connectivity index (χ4n) is 2.37. The van der Waals surface area contributed by atoms with Crippen LogP contribution in [0.25, 0.3) is 11.0 Å². The Morgan fingerprint density at radius 2 is 1.95 bits per heavy atom. The number of para-hydroxylation sites is 2. The highest BCUT2D eigenvalue weighted by Crippen LogP contribution is 2.29. The Morgan fingerprint density at radius 1 is 1.26 bits per heavy atom. The predicted octanol–water partition coefficient (Wildman–Crippen LogP) is 2.64. The number of amides is 1. The quantitative estimate of drug-likeness (QED) is 0.847. The second-order valence-electron chi connectivity index (χ2n) is 5.28. The van der Waals surface area contributed by atoms with Crippen LogP contribution in [0.2, 0.25) is 0 Å². The van der Waals surface area contributed by atoms with Gasteiger partial charge in [0.15, 0.2) is 0 Å². The van der Waals surface area contributed by atoms with E-state index < -0.39 is 0 Å². The highest BCUT2D eigenvalue weighted by atomic mass is 16.2. The molecule has 0 radical (unpaired) electrons. The van der Waals surface area contributed by atoms with Crippen molar-refractivity contribution in [1.82, 2.24) is 14.9 Å². The summed E-state index contributed by atoms with van der Waals surface area (Å²) in [6, 6.07) is 8.21. The first kappa shape index (κ1) is 12.1. The monoisotopic (exact) mass is 255 g/mol. The number of aromatic nitrogens is 2. The summed E-state index contributed by atoms with van der Waals surface area (Å²) >= 11 is 0. The third kappa shape index (κ3) is 2.30. The Hall–Kier alpha value is -1.97. The van der Waals surface area contributed by atoms with Crippen LogP contribution >= 0.6 is 0 Å². The van der Waals surface area contributed by atoms with E-state index >= 15 is 0 Å². The van der Waals surface area contributed by atoms with Gasteiger partial charge in [0.25, 0.3) is 5.91 Å². The largest absolute Gasteiger partial charge is 0.332 e. The molecule has 2 aromatic rings. The van der Waals surface area contributed by atoms with E-state index in [4.69, 9.17) is 0 Å². The van der Waals surface area contributed by atoms with Gasteiger partial charge in [0, 0.05) is 12.1 Å². The number of carbonyl (C=O) groups excluding carboxylic acids is 1. The van der Waals surface area contributed by atoms with E-state index in [0.717, 1.165) is 23.9 Å². The van der Waals surface area contributed by atoms with Crippen molar-refractivity contribution in [1.29, 1.82) is 0 Å². The zero-order valence-corrected chi connectivity index (χ0v) is 11.2. The molecule has 4 heteroatoms. The molecule has 0 spiro atoms. The summed E-state index contributed by atoms with van der Waals surface area (Å²) < 4.78 is 0. The molecule has 1 fully saturated rings. The summed E-state index contributed by atoms with van der Waals surface area (Å²) in [6.07, 6.45) is 3.79. The average molecular weight is 255 g/mol. The number of hydrogen-bond donors (Lipinski definition) is 0. The van der Waals surface area contributed by atoms with Crippen molar-refractivity contribution < 1.29 is 4.79 Å². The van der Waals surface area contributed by atoms with Gasteiger partial charge in [-0.25, -0.2) is 4.98 Å². The summed E-state index contributed by atoms with van der Waals surface area (Å²) in [5.41, 5.74) is 2.04. The van der Waals surface area contributed by atoms with Gasteiger partial charge in [-0.05, 0) is 38.8 Å². The fourth-order valence-corrected chi connectivity index (χ4v) is 2.37. The maximum Gasteiger partial charge on any atom is 0.274 e. The average Bonchev–Trinajstić information content (AvgIpc) is 3.22. The molecule has 1 aliphatic carbocycles. The standard InChI is InChI=1S/C15H17N3O/c1-10(2)18(11-7-8-11)15(19)14-9-16-12-5-3-4-6-13(12)17-14/h3-6,9-11H,7-8H2,1-2H3. The summed E-state index contributed by atoms with van der Waals surface area (Å²) in [6.45, 7) is 4.09. The second-order valence-corrected chi connectivity index (χ2v) is 5.28. The molecule has 0 saturated heterocycles. The molecule has 1 saturated carbocycles. The third-order valence-electron chi connectivity index (χ3n) is 3.40. The van der Waals surface area contributed by atoms with Crippen molar-refractivity contribution in [3.05, 3.63) is 36.2 Å². The minimum absolute atomic E-state index is 0.00393. The van der Waals surface area contributed by atoms with Crippen LogP contribution in [-0.2, 0) is 0 Å². The number of hydrogen-bond acceptors (Lipinski definition) is 3. The predicted molar refractivity (Wildman–Crippen MR) is 73.9 cm³/mol. The fraction of sp³-hybridized carbons (Fsp3) is 0.400. The molecular weight excluding hydrogens is 238 g/mol. The molecule has 0 unspecified atom stereocenters. The molecule has 1 aliphatic rings. The lowest BCUT2D eigenvalue weighted by Crippen LogP contribution is -2.39. The molecule has 0 N–H and O–H groups in total. The van der Waals surface area contributed by atoms with Crippen molar-refractivity contribution in [2.45, 2.75) is 38.8 Å². The van der Waals surface area contributed by atoms with E-state index in [1.165, 1.54) is 0 Å². The van der Waals surface area contributed by atoms with Gasteiger partial charge < -0.3 is 4.90 Å². The van der Waals surface area contributed by atoms with Crippen molar-refractivity contribution >= 4 is 16.9 Å². The topological polar surface area (TPSA) is 46.1 Å². The Balaban J connectivity index is 1.96. The number of rotatable bonds is 3. The van der Waals surface area contributed by atoms with Crippen molar-refractivity contribution in [2.75, 3.05) is 0 Å². The molecule has 0 atom stereocenters. The van der Waals surface area contributed by atoms with Crippen molar-refractivity contribution in [3.63, 3.8) is 0 Å². The van der Waals surface area contributed by atoms with Crippen LogP contribution in [0.1, 0.15) is 37.2 Å². The highest BCUT2D eigenvalue weighted by Gasteiger charge is 2.35. The molecule has 1 heterocycles. The van der Waals surface area contributed by atoms with E-state index in [0.29, 0.717) is 11.7 Å². The van der Waals surface area contributed by atoms with Crippen LogP contribution in [0.5, 0.6) is 0 Å². The Bertz CT molecular complexity index is 618. The Labute approximate surface area is 112 Å². The lowest BCUT2D eigenvalue weighted by Gasteiger charge is -2.26. The van der Waals surface area contributed by atoms with E-state index in [1.807, 2.05) is 43.0 Å². The lowest BCUT2D eigenvalue weighted by atomic mass is 10.2. The Morgan fingerprint density at radius 3 is 2.58 bits per heavy atom. The van der Waals surface area contributed by atoms with E-state index in [1.54, 1.807) is 6.20 Å². The maximum absolute atomic E-state index is 12.5. The first-order chi connectivity index (χ1) is 9.16. The van der Waals surface area contributed by atoms with Crippen LogP contribution in [0.3, 0.4) is 0 Å². The van der Waals surface area contributed by atoms with E-state index in [9.17, 15) is 4.79 Å². The summed E-state index contributed by atoms with van der Waals surface area (Å²) in [4.78, 5) is 23.2. The zero-order chi connectivity index (χ0) is 13.4. The molecule has 1 aromatic heterocycles. The molecule has 4 nitrogen and oxygen atoms in total. The van der Waals surface area contributed by atoms with Gasteiger partial charge in [0.1, 0.15) is 5.69 Å². The Kier molecular flexibility index (Phi) is 2.93. The smallest absolute Gasteiger partial charge is 0.274 e. The number of benzene rings is 1. The van der Waals surface area contributed by atoms with Crippen LogP contribution in [0.4, 0.5) is 0 Å². The molecule has 19 heavy (non-hydrogen) atoms. The highest BCUT2D eigenvalue weighted by molar-refractivity contribution is 5.94. The number of carbonyl (C=O) groups is 1. The van der Waals surface area contributed by atoms with Crippen LogP contribution in [0.15, 0.2) is 30.5 Å². The van der Waals surface area contributed by atoms with Crippen LogP contribution in [0, 0.1) is 0 Å². The van der Waals surface area contributed by atoms with Crippen molar-refractivity contribution in [3.8, 4) is 0 Å². The SMILES string of the molecule is CC(C)N(C(=O)c1cnc2ccccc2n1)C1CC1. The second kappa shape index (κ2) is 4.61. The summed E-state index contributed by atoms with van der Waals surface area (Å²) in [5.74, 6) is -0.00393. The van der Waals surface area contributed by atoms with Gasteiger partial charge in [-0.15, -0.1) is 0 Å². The molecule has 3 rings (SSSR count). The maximum atomic E-state index is 12.5. The zero-order valence-electron chi connectivity index (χ0n) is 11.2. The molecule has 0 aliphatic heterocycles. The molecule has 98 valence electrons. The van der Waals surface area contributed by atoms with Crippen LogP contribution < -0.4 is 0 Å². The van der Waals surface area contributed by atoms with Crippen molar-refractivity contribution in [2.24, 2.45) is 0 Å². The molecule has 0 bridgehead atoms. The lowest BCUT2D eigenvalue weighted by molar-refractivity contribution is 0.0684. The van der Waals surface area contributed by atoms with E-state index in [2.05, 4.69) is 9.97 Å². The van der Waals surface area contributed by atoms with Gasteiger partial charge in [-0.1, -0.05) is 12.1 Å². The molecule has 1 aromatic carbocycles. The number of nitrogens with zero attached hydrogens (tertiary/aromatic N) is 3. The molecule has 1 amide bonds. The number of fused-ring (bicyclic) bond motifs is 1. The first-order valence-electron chi connectivity index (χ1n) is 6.71. The van der Waals surface area contributed by atoms with Crippen LogP contribution in [-0.4, -0.2) is 32.9 Å². The molecular formula is C15H17N3O. The van der Waals surface area contributed by atoms with E-state index in [-0.39, 0.29) is 11.9 Å². The first-order valence-corrected chi connectivity index (χ1v) is 6.71. The minimum Gasteiger partial charge on any atom is -0.332 e. The van der Waals surface area contributed by atoms with Gasteiger partial charge in [0.05, 0.1) is 17.2 Å². The van der Waals surface area contributed by atoms with Gasteiger partial charge in [0.2, 0.25) is 0 Å². The summed E-state index contributed by atoms with van der Waals surface area (Å²) in [7, 11) is 0. The van der Waals surface area contributed by atoms with Gasteiger partial charge >= 0.3 is 0 Å². The third-order valence-corrected chi connectivity index (χ3v) is 3.40. The normalized spacial score (nSPS) is 14.9. The van der Waals surface area contributed by atoms with Gasteiger partial charge in [-0.3, -0.25) is 9.78 Å².